The molecule has 2 rings (SSSR count). The standard InChI is InChI=1S/C13H22N2O3/c1-8(2)14-6-5-12(16)15-9-3-4-11(15)10(7-9)13(17)18/h8-11,14H,3-7H2,1-2H3,(H,17,18). The van der Waals surface area contributed by atoms with Gasteiger partial charge in [-0.25, -0.2) is 0 Å². The van der Waals surface area contributed by atoms with E-state index >= 15 is 0 Å². The quantitative estimate of drug-likeness (QED) is 0.762. The van der Waals surface area contributed by atoms with Crippen LogP contribution in [0.25, 0.3) is 0 Å². The average Bonchev–Trinajstić information content (AvgIpc) is 2.85. The topological polar surface area (TPSA) is 69.6 Å². The first-order valence-electron chi connectivity index (χ1n) is 6.78. The average molecular weight is 254 g/mol. The van der Waals surface area contributed by atoms with E-state index in [4.69, 9.17) is 5.11 Å². The number of fused-ring (bicyclic) bond motifs is 2. The molecular weight excluding hydrogens is 232 g/mol. The summed E-state index contributed by atoms with van der Waals surface area (Å²) < 4.78 is 0. The van der Waals surface area contributed by atoms with Gasteiger partial charge in [0, 0.05) is 31.1 Å². The van der Waals surface area contributed by atoms with Gasteiger partial charge in [0.2, 0.25) is 5.91 Å². The summed E-state index contributed by atoms with van der Waals surface area (Å²) in [6, 6.07) is 0.488. The lowest BCUT2D eigenvalue weighted by Crippen LogP contribution is -2.39. The molecule has 5 heteroatoms. The summed E-state index contributed by atoms with van der Waals surface area (Å²) in [6.45, 7) is 4.76. The molecule has 1 amide bonds. The van der Waals surface area contributed by atoms with Gasteiger partial charge in [0.05, 0.1) is 5.92 Å². The van der Waals surface area contributed by atoms with Crippen LogP contribution in [0.5, 0.6) is 0 Å². The Balaban J connectivity index is 1.90. The second-order valence-electron chi connectivity index (χ2n) is 5.64. The number of nitrogens with zero attached hydrogens (tertiary/aromatic N) is 1. The molecule has 3 atom stereocenters. The molecular formula is C13H22N2O3. The number of rotatable bonds is 5. The first-order chi connectivity index (χ1) is 8.50. The van der Waals surface area contributed by atoms with E-state index < -0.39 is 5.97 Å². The number of hydrogen-bond acceptors (Lipinski definition) is 3. The zero-order chi connectivity index (χ0) is 13.3. The first kappa shape index (κ1) is 13.3. The Hall–Kier alpha value is -1.10. The fourth-order valence-electron chi connectivity index (χ4n) is 3.24. The van der Waals surface area contributed by atoms with Crippen molar-refractivity contribution in [2.24, 2.45) is 5.92 Å². The maximum absolute atomic E-state index is 12.1. The predicted octanol–water partition coefficient (Wildman–Crippen LogP) is 0.839. The van der Waals surface area contributed by atoms with Crippen LogP contribution in [0.3, 0.4) is 0 Å². The van der Waals surface area contributed by atoms with Gasteiger partial charge >= 0.3 is 5.97 Å². The van der Waals surface area contributed by atoms with Gasteiger partial charge < -0.3 is 15.3 Å². The molecule has 102 valence electrons. The minimum atomic E-state index is -0.750. The highest BCUT2D eigenvalue weighted by atomic mass is 16.4. The van der Waals surface area contributed by atoms with Gasteiger partial charge in [0.25, 0.3) is 0 Å². The Morgan fingerprint density at radius 2 is 2.11 bits per heavy atom. The molecule has 2 saturated heterocycles. The molecule has 2 aliphatic rings. The maximum atomic E-state index is 12.1. The van der Waals surface area contributed by atoms with Crippen LogP contribution in [0.1, 0.15) is 39.5 Å². The van der Waals surface area contributed by atoms with Gasteiger partial charge in [-0.05, 0) is 19.3 Å². The number of carboxylic acid groups (broad SMARTS) is 1. The third-order valence-corrected chi connectivity index (χ3v) is 4.03. The maximum Gasteiger partial charge on any atom is 0.308 e. The highest BCUT2D eigenvalue weighted by molar-refractivity contribution is 5.80. The molecule has 18 heavy (non-hydrogen) atoms. The first-order valence-corrected chi connectivity index (χ1v) is 6.78. The molecule has 2 fully saturated rings. The van der Waals surface area contributed by atoms with Crippen LogP contribution in [-0.4, -0.2) is 46.6 Å². The number of carboxylic acids is 1. The van der Waals surface area contributed by atoms with Crippen LogP contribution in [0, 0.1) is 5.92 Å². The molecule has 0 spiro atoms. The van der Waals surface area contributed by atoms with Gasteiger partial charge in [-0.3, -0.25) is 9.59 Å². The van der Waals surface area contributed by atoms with Crippen molar-refractivity contribution in [1.82, 2.24) is 10.2 Å². The van der Waals surface area contributed by atoms with E-state index in [0.29, 0.717) is 25.4 Å². The molecule has 0 aromatic rings. The predicted molar refractivity (Wildman–Crippen MR) is 67.2 cm³/mol. The van der Waals surface area contributed by atoms with Crippen molar-refractivity contribution in [3.63, 3.8) is 0 Å². The van der Waals surface area contributed by atoms with E-state index in [0.717, 1.165) is 12.8 Å². The van der Waals surface area contributed by atoms with E-state index in [1.807, 2.05) is 18.7 Å². The fourth-order valence-corrected chi connectivity index (χ4v) is 3.24. The molecule has 0 aromatic heterocycles. The van der Waals surface area contributed by atoms with Crippen molar-refractivity contribution >= 4 is 11.9 Å². The SMILES string of the molecule is CC(C)NCCC(=O)N1C2CCC1C(C(=O)O)C2. The van der Waals surface area contributed by atoms with Gasteiger partial charge in [-0.2, -0.15) is 0 Å². The highest BCUT2D eigenvalue weighted by Gasteiger charge is 2.50. The van der Waals surface area contributed by atoms with E-state index in [1.165, 1.54) is 0 Å². The molecule has 0 aliphatic carbocycles. The van der Waals surface area contributed by atoms with Crippen molar-refractivity contribution in [3.8, 4) is 0 Å². The van der Waals surface area contributed by atoms with Gasteiger partial charge in [-0.1, -0.05) is 13.8 Å². The number of aliphatic carboxylic acids is 1. The van der Waals surface area contributed by atoms with Gasteiger partial charge in [0.1, 0.15) is 0 Å². The summed E-state index contributed by atoms with van der Waals surface area (Å²) in [5.74, 6) is -0.981. The molecule has 3 unspecified atom stereocenters. The van der Waals surface area contributed by atoms with Crippen molar-refractivity contribution < 1.29 is 14.7 Å². The Labute approximate surface area is 108 Å². The molecule has 2 N–H and O–H groups in total. The van der Waals surface area contributed by atoms with Crippen LogP contribution < -0.4 is 5.32 Å². The molecule has 2 aliphatic heterocycles. The van der Waals surface area contributed by atoms with E-state index in [9.17, 15) is 9.59 Å². The lowest BCUT2D eigenvalue weighted by atomic mass is 9.89. The van der Waals surface area contributed by atoms with Crippen molar-refractivity contribution in [2.45, 2.75) is 57.7 Å². The van der Waals surface area contributed by atoms with Gasteiger partial charge in [0.15, 0.2) is 0 Å². The van der Waals surface area contributed by atoms with Crippen molar-refractivity contribution in [3.05, 3.63) is 0 Å². The monoisotopic (exact) mass is 254 g/mol. The normalized spacial score (nSPS) is 30.2. The summed E-state index contributed by atoms with van der Waals surface area (Å²) in [6.07, 6.45) is 2.93. The Bertz CT molecular complexity index is 343. The van der Waals surface area contributed by atoms with Crippen LogP contribution in [0.2, 0.25) is 0 Å². The summed E-state index contributed by atoms with van der Waals surface area (Å²) in [4.78, 5) is 25.1. The number of amides is 1. The highest BCUT2D eigenvalue weighted by Crippen LogP contribution is 2.42. The van der Waals surface area contributed by atoms with E-state index in [-0.39, 0.29) is 23.9 Å². The number of hydrogen-bond donors (Lipinski definition) is 2. The Morgan fingerprint density at radius 3 is 2.67 bits per heavy atom. The second-order valence-corrected chi connectivity index (χ2v) is 5.64. The minimum absolute atomic E-state index is 0.0564. The minimum Gasteiger partial charge on any atom is -0.481 e. The lowest BCUT2D eigenvalue weighted by Gasteiger charge is -2.23. The fraction of sp³-hybridized carbons (Fsp3) is 0.846. The second kappa shape index (κ2) is 5.26. The van der Waals surface area contributed by atoms with Crippen molar-refractivity contribution in [1.29, 1.82) is 0 Å². The summed E-state index contributed by atoms with van der Waals surface area (Å²) in [7, 11) is 0. The summed E-state index contributed by atoms with van der Waals surface area (Å²) in [5, 5.41) is 12.4. The number of nitrogens with one attached hydrogen (secondary N) is 1. The molecule has 0 saturated carbocycles. The van der Waals surface area contributed by atoms with E-state index in [2.05, 4.69) is 5.32 Å². The molecule has 2 bridgehead atoms. The third kappa shape index (κ3) is 2.51. The van der Waals surface area contributed by atoms with Gasteiger partial charge in [-0.15, -0.1) is 0 Å². The smallest absolute Gasteiger partial charge is 0.308 e. The zero-order valence-electron chi connectivity index (χ0n) is 11.1. The summed E-state index contributed by atoms with van der Waals surface area (Å²) >= 11 is 0. The van der Waals surface area contributed by atoms with E-state index in [1.54, 1.807) is 0 Å². The van der Waals surface area contributed by atoms with Crippen LogP contribution in [0.15, 0.2) is 0 Å². The summed E-state index contributed by atoms with van der Waals surface area (Å²) in [5.41, 5.74) is 0. The van der Waals surface area contributed by atoms with Crippen LogP contribution in [0.4, 0.5) is 0 Å². The molecule has 0 radical (unpaired) electrons. The molecule has 5 nitrogen and oxygen atoms in total. The molecule has 0 aromatic carbocycles. The Morgan fingerprint density at radius 1 is 1.39 bits per heavy atom. The third-order valence-electron chi connectivity index (χ3n) is 4.03. The van der Waals surface area contributed by atoms with Crippen LogP contribution >= 0.6 is 0 Å². The number of carbonyl (C=O) groups excluding carboxylic acids is 1. The molecule has 2 heterocycles. The largest absolute Gasteiger partial charge is 0.481 e. The lowest BCUT2D eigenvalue weighted by molar-refractivity contribution is -0.143. The van der Waals surface area contributed by atoms with Crippen molar-refractivity contribution in [2.75, 3.05) is 6.54 Å². The van der Waals surface area contributed by atoms with Crippen LogP contribution in [-0.2, 0) is 9.59 Å². The number of carbonyl (C=O) groups is 2. The Kier molecular flexibility index (Phi) is 3.90. The zero-order valence-corrected chi connectivity index (χ0v) is 11.1.